The molecule has 0 aromatic carbocycles. The van der Waals surface area contributed by atoms with E-state index < -0.39 is 12.0 Å². The van der Waals surface area contributed by atoms with Gasteiger partial charge in [-0.1, -0.05) is 13.8 Å². The lowest BCUT2D eigenvalue weighted by molar-refractivity contribution is -0.119. The van der Waals surface area contributed by atoms with E-state index in [2.05, 4.69) is 4.74 Å². The Morgan fingerprint density at radius 2 is 2.00 bits per heavy atom. The van der Waals surface area contributed by atoms with Crippen molar-refractivity contribution in [3.8, 4) is 0 Å². The topological polar surface area (TPSA) is 55.4 Å². The van der Waals surface area contributed by atoms with Crippen LogP contribution in [-0.4, -0.2) is 12.0 Å². The minimum Gasteiger partial charge on any atom is -0.427 e. The highest BCUT2D eigenvalue weighted by Gasteiger charge is 2.36. The number of amides is 2. The van der Waals surface area contributed by atoms with E-state index >= 15 is 0 Å². The Labute approximate surface area is 58.5 Å². The van der Waals surface area contributed by atoms with Crippen LogP contribution in [0.1, 0.15) is 13.8 Å². The molecule has 1 fully saturated rings. The molecule has 0 aromatic rings. The third-order valence-electron chi connectivity index (χ3n) is 1.17. The van der Waals surface area contributed by atoms with E-state index in [-0.39, 0.29) is 12.0 Å². The number of carbonyl (C=O) groups excluding carboxylic acids is 2. The molecule has 0 saturated carbocycles. The molecule has 55 valence electrons. The summed E-state index contributed by atoms with van der Waals surface area (Å²) in [6, 6.07) is 0. The van der Waals surface area contributed by atoms with E-state index in [1.807, 2.05) is 5.32 Å². The Morgan fingerprint density at radius 3 is 2.20 bits per heavy atom. The molecule has 1 heterocycles. The van der Waals surface area contributed by atoms with Gasteiger partial charge in [0.1, 0.15) is 0 Å². The molecule has 1 aliphatic rings. The first kappa shape index (κ1) is 7.05. The van der Waals surface area contributed by atoms with Gasteiger partial charge in [0, 0.05) is 5.92 Å². The summed E-state index contributed by atoms with van der Waals surface area (Å²) in [5.74, 6) is -0.452. The SMILES string of the molecule is CC(C)[C]1OC(=O)NC1=O. The molecule has 1 radical (unpaired) electrons. The predicted octanol–water partition coefficient (Wildman–Crippen LogP) is 0.441. The summed E-state index contributed by atoms with van der Waals surface area (Å²) in [6.45, 7) is 3.57. The maximum Gasteiger partial charge on any atom is 0.415 e. The number of cyclic esters (lactones) is 1. The summed E-state index contributed by atoms with van der Waals surface area (Å²) >= 11 is 0. The van der Waals surface area contributed by atoms with Gasteiger partial charge in [-0.3, -0.25) is 10.1 Å². The van der Waals surface area contributed by atoms with Crippen LogP contribution in [0.25, 0.3) is 0 Å². The highest BCUT2D eigenvalue weighted by Crippen LogP contribution is 2.19. The summed E-state index contributed by atoms with van der Waals surface area (Å²) in [4.78, 5) is 21.1. The molecule has 2 amide bonds. The summed E-state index contributed by atoms with van der Waals surface area (Å²) in [5.41, 5.74) is 0. The van der Waals surface area contributed by atoms with Gasteiger partial charge in [0.25, 0.3) is 5.91 Å². The van der Waals surface area contributed by atoms with E-state index in [1.165, 1.54) is 0 Å². The molecular weight excluding hydrogens is 134 g/mol. The Balaban J connectivity index is 2.63. The third kappa shape index (κ3) is 1.10. The molecule has 1 aliphatic heterocycles. The van der Waals surface area contributed by atoms with Crippen molar-refractivity contribution in [2.75, 3.05) is 0 Å². The highest BCUT2D eigenvalue weighted by molar-refractivity contribution is 6.05. The number of imide groups is 1. The van der Waals surface area contributed by atoms with Gasteiger partial charge in [0.15, 0.2) is 0 Å². The molecule has 0 spiro atoms. The van der Waals surface area contributed by atoms with Crippen molar-refractivity contribution in [1.82, 2.24) is 5.32 Å². The molecule has 1 rings (SSSR count). The molecule has 10 heavy (non-hydrogen) atoms. The Bertz CT molecular complexity index is 176. The Kier molecular flexibility index (Phi) is 1.61. The number of hydrogen-bond acceptors (Lipinski definition) is 3. The zero-order valence-corrected chi connectivity index (χ0v) is 5.80. The lowest BCUT2D eigenvalue weighted by Crippen LogP contribution is -2.22. The Morgan fingerprint density at radius 1 is 1.40 bits per heavy atom. The fourth-order valence-corrected chi connectivity index (χ4v) is 0.706. The van der Waals surface area contributed by atoms with Gasteiger partial charge in [-0.2, -0.15) is 0 Å². The molecule has 0 aliphatic carbocycles. The van der Waals surface area contributed by atoms with Gasteiger partial charge in [-0.25, -0.2) is 4.79 Å². The summed E-state index contributed by atoms with van der Waals surface area (Å²) in [6.07, 6.45) is -0.473. The molecule has 0 bridgehead atoms. The van der Waals surface area contributed by atoms with Crippen LogP contribution in [0.3, 0.4) is 0 Å². The van der Waals surface area contributed by atoms with E-state index in [9.17, 15) is 9.59 Å². The smallest absolute Gasteiger partial charge is 0.415 e. The fraction of sp³-hybridized carbons (Fsp3) is 0.500. The summed E-state index contributed by atoms with van der Waals surface area (Å²) in [5, 5.41) is 2.01. The van der Waals surface area contributed by atoms with Crippen LogP contribution < -0.4 is 5.32 Å². The molecule has 1 saturated heterocycles. The largest absolute Gasteiger partial charge is 0.427 e. The van der Waals surface area contributed by atoms with Gasteiger partial charge in [0.2, 0.25) is 6.10 Å². The zero-order chi connectivity index (χ0) is 7.72. The van der Waals surface area contributed by atoms with Gasteiger partial charge in [-0.15, -0.1) is 0 Å². The van der Waals surface area contributed by atoms with Crippen molar-refractivity contribution in [1.29, 1.82) is 0 Å². The van der Waals surface area contributed by atoms with Gasteiger partial charge < -0.3 is 4.74 Å². The number of ether oxygens (including phenoxy) is 1. The lowest BCUT2D eigenvalue weighted by Gasteiger charge is -2.05. The van der Waals surface area contributed by atoms with Crippen LogP contribution in [-0.2, 0) is 9.53 Å². The molecule has 4 nitrogen and oxygen atoms in total. The van der Waals surface area contributed by atoms with Crippen molar-refractivity contribution in [2.45, 2.75) is 13.8 Å². The average molecular weight is 142 g/mol. The van der Waals surface area contributed by atoms with Crippen molar-refractivity contribution in [3.63, 3.8) is 0 Å². The Hall–Kier alpha value is -1.06. The first-order chi connectivity index (χ1) is 4.61. The first-order valence-corrected chi connectivity index (χ1v) is 3.01. The molecule has 0 unspecified atom stereocenters. The van der Waals surface area contributed by atoms with Gasteiger partial charge in [0.05, 0.1) is 0 Å². The van der Waals surface area contributed by atoms with Crippen LogP contribution in [0, 0.1) is 12.0 Å². The lowest BCUT2D eigenvalue weighted by atomic mass is 10.1. The number of carbonyl (C=O) groups is 2. The van der Waals surface area contributed by atoms with Crippen molar-refractivity contribution in [3.05, 3.63) is 6.10 Å². The number of nitrogens with one attached hydrogen (secondary N) is 1. The van der Waals surface area contributed by atoms with Crippen molar-refractivity contribution >= 4 is 12.0 Å². The zero-order valence-electron chi connectivity index (χ0n) is 5.80. The second kappa shape index (κ2) is 2.28. The maximum atomic E-state index is 10.7. The molecular formula is C6H8NO3. The van der Waals surface area contributed by atoms with Crippen LogP contribution >= 0.6 is 0 Å². The van der Waals surface area contributed by atoms with Gasteiger partial charge in [-0.05, 0) is 0 Å². The van der Waals surface area contributed by atoms with E-state index in [1.54, 1.807) is 13.8 Å². The highest BCUT2D eigenvalue weighted by atomic mass is 16.6. The maximum absolute atomic E-state index is 10.7. The fourth-order valence-electron chi connectivity index (χ4n) is 0.706. The monoisotopic (exact) mass is 142 g/mol. The third-order valence-corrected chi connectivity index (χ3v) is 1.17. The van der Waals surface area contributed by atoms with Crippen LogP contribution in [0.4, 0.5) is 4.79 Å². The summed E-state index contributed by atoms with van der Waals surface area (Å²) in [7, 11) is 0. The minimum atomic E-state index is -0.673. The molecule has 0 atom stereocenters. The normalized spacial score (nSPS) is 19.5. The predicted molar refractivity (Wildman–Crippen MR) is 32.7 cm³/mol. The first-order valence-electron chi connectivity index (χ1n) is 3.01. The van der Waals surface area contributed by atoms with E-state index in [0.717, 1.165) is 0 Å². The van der Waals surface area contributed by atoms with Crippen molar-refractivity contribution < 1.29 is 14.3 Å². The van der Waals surface area contributed by atoms with Crippen LogP contribution in [0.15, 0.2) is 0 Å². The van der Waals surface area contributed by atoms with Crippen molar-refractivity contribution in [2.24, 2.45) is 5.92 Å². The van der Waals surface area contributed by atoms with E-state index in [4.69, 9.17) is 0 Å². The average Bonchev–Trinajstić information content (AvgIpc) is 2.10. The van der Waals surface area contributed by atoms with Crippen LogP contribution in [0.5, 0.6) is 0 Å². The standard InChI is InChI=1S/C6H8NO3/c1-3(2)4-5(8)7-6(9)10-4/h3H,1-2H3,(H,7,8,9). The number of hydrogen-bond donors (Lipinski definition) is 1. The molecule has 0 aromatic heterocycles. The number of alkyl carbamates (subject to hydrolysis) is 1. The number of rotatable bonds is 1. The molecule has 4 heteroatoms. The second-order valence-electron chi connectivity index (χ2n) is 2.36. The molecule has 1 N–H and O–H groups in total. The quantitative estimate of drug-likeness (QED) is 0.578. The van der Waals surface area contributed by atoms with Gasteiger partial charge >= 0.3 is 6.09 Å². The second-order valence-corrected chi connectivity index (χ2v) is 2.36. The van der Waals surface area contributed by atoms with Crippen LogP contribution in [0.2, 0.25) is 0 Å². The summed E-state index contributed by atoms with van der Waals surface area (Å²) < 4.78 is 4.55. The minimum absolute atomic E-state index is 0.0357. The van der Waals surface area contributed by atoms with E-state index in [0.29, 0.717) is 0 Å².